The van der Waals surface area contributed by atoms with Crippen molar-refractivity contribution < 1.29 is 14.3 Å². The van der Waals surface area contributed by atoms with Gasteiger partial charge in [0.05, 0.1) is 13.5 Å². The summed E-state index contributed by atoms with van der Waals surface area (Å²) < 4.78 is 5.13. The van der Waals surface area contributed by atoms with Gasteiger partial charge in [0.2, 0.25) is 5.91 Å². The van der Waals surface area contributed by atoms with Crippen LogP contribution in [-0.2, 0) is 16.0 Å². The Kier molecular flexibility index (Phi) is 5.03. The first-order chi connectivity index (χ1) is 12.1. The van der Waals surface area contributed by atoms with Crippen molar-refractivity contribution in [2.24, 2.45) is 0 Å². The van der Waals surface area contributed by atoms with Crippen LogP contribution in [0.3, 0.4) is 0 Å². The number of carbonyl (C=O) groups excluding carboxylic acids is 2. The first kappa shape index (κ1) is 17.0. The molecule has 25 heavy (non-hydrogen) atoms. The van der Waals surface area contributed by atoms with Crippen molar-refractivity contribution in [1.29, 1.82) is 0 Å². The Balaban J connectivity index is 1.59. The van der Waals surface area contributed by atoms with E-state index < -0.39 is 6.04 Å². The molecule has 1 saturated heterocycles. The Morgan fingerprint density at radius 3 is 2.40 bits per heavy atom. The number of hydrogen-bond acceptors (Lipinski definition) is 4. The number of hydrogen-bond donors (Lipinski definition) is 1. The minimum Gasteiger partial charge on any atom is -0.497 e. The molecule has 1 heterocycles. The molecule has 2 aromatic rings. The standard InChI is InChI=1S/C20H22N2O3/c1-14-3-7-16(8-4-14)21-18-13-19(23)22(20(18)24)12-11-15-5-9-17(25-2)10-6-15/h3-10,18,21H,11-13H2,1-2H3/t18-/m1/s1. The van der Waals surface area contributed by atoms with Crippen molar-refractivity contribution in [3.8, 4) is 5.75 Å². The number of carbonyl (C=O) groups is 2. The molecule has 0 aliphatic carbocycles. The first-order valence-corrected chi connectivity index (χ1v) is 8.37. The molecule has 1 fully saturated rings. The van der Waals surface area contributed by atoms with Gasteiger partial charge in [0.15, 0.2) is 0 Å². The lowest BCUT2D eigenvalue weighted by atomic mass is 10.1. The first-order valence-electron chi connectivity index (χ1n) is 8.37. The smallest absolute Gasteiger partial charge is 0.252 e. The molecule has 1 aliphatic heterocycles. The van der Waals surface area contributed by atoms with Gasteiger partial charge in [-0.05, 0) is 43.2 Å². The van der Waals surface area contributed by atoms with E-state index in [1.807, 2.05) is 55.5 Å². The van der Waals surface area contributed by atoms with Crippen molar-refractivity contribution in [3.05, 3.63) is 59.7 Å². The normalized spacial score (nSPS) is 17.0. The predicted octanol–water partition coefficient (Wildman–Crippen LogP) is 2.79. The van der Waals surface area contributed by atoms with Gasteiger partial charge in [-0.2, -0.15) is 0 Å². The maximum Gasteiger partial charge on any atom is 0.252 e. The number of aryl methyl sites for hydroxylation is 1. The summed E-state index contributed by atoms with van der Waals surface area (Å²) >= 11 is 0. The molecule has 0 bridgehead atoms. The minimum atomic E-state index is -0.480. The van der Waals surface area contributed by atoms with Crippen LogP contribution in [0.2, 0.25) is 0 Å². The second-order valence-electron chi connectivity index (χ2n) is 6.25. The van der Waals surface area contributed by atoms with Crippen LogP contribution in [-0.4, -0.2) is 36.4 Å². The zero-order valence-electron chi connectivity index (χ0n) is 14.5. The molecule has 0 aromatic heterocycles. The van der Waals surface area contributed by atoms with Crippen LogP contribution in [0.15, 0.2) is 48.5 Å². The second kappa shape index (κ2) is 7.38. The quantitative estimate of drug-likeness (QED) is 0.823. The molecule has 5 heteroatoms. The van der Waals surface area contributed by atoms with Gasteiger partial charge < -0.3 is 10.1 Å². The molecule has 5 nitrogen and oxygen atoms in total. The summed E-state index contributed by atoms with van der Waals surface area (Å²) in [5.41, 5.74) is 3.07. The van der Waals surface area contributed by atoms with Gasteiger partial charge >= 0.3 is 0 Å². The zero-order chi connectivity index (χ0) is 17.8. The molecule has 1 N–H and O–H groups in total. The van der Waals surface area contributed by atoms with E-state index in [1.54, 1.807) is 7.11 Å². The summed E-state index contributed by atoms with van der Waals surface area (Å²) in [6, 6.07) is 15.0. The Hall–Kier alpha value is -2.82. The van der Waals surface area contributed by atoms with Crippen LogP contribution in [0.25, 0.3) is 0 Å². The average Bonchev–Trinajstić information content (AvgIpc) is 2.89. The fraction of sp³-hybridized carbons (Fsp3) is 0.300. The second-order valence-corrected chi connectivity index (χ2v) is 6.25. The van der Waals surface area contributed by atoms with E-state index in [1.165, 1.54) is 4.90 Å². The van der Waals surface area contributed by atoms with Crippen molar-refractivity contribution in [2.75, 3.05) is 19.0 Å². The largest absolute Gasteiger partial charge is 0.497 e. The number of nitrogens with one attached hydrogen (secondary N) is 1. The van der Waals surface area contributed by atoms with Gasteiger partial charge in [-0.1, -0.05) is 29.8 Å². The van der Waals surface area contributed by atoms with Crippen molar-refractivity contribution >= 4 is 17.5 Å². The maximum atomic E-state index is 12.5. The lowest BCUT2D eigenvalue weighted by Crippen LogP contribution is -2.36. The summed E-state index contributed by atoms with van der Waals surface area (Å²) in [4.78, 5) is 26.1. The van der Waals surface area contributed by atoms with Crippen LogP contribution >= 0.6 is 0 Å². The Labute approximate surface area is 147 Å². The van der Waals surface area contributed by atoms with Crippen molar-refractivity contribution in [3.63, 3.8) is 0 Å². The molecular weight excluding hydrogens is 316 g/mol. The molecule has 1 aliphatic rings. The molecule has 0 radical (unpaired) electrons. The lowest BCUT2D eigenvalue weighted by molar-refractivity contribution is -0.138. The minimum absolute atomic E-state index is 0.122. The number of amides is 2. The third-order valence-corrected chi connectivity index (χ3v) is 4.42. The third kappa shape index (κ3) is 3.99. The topological polar surface area (TPSA) is 58.6 Å². The number of ether oxygens (including phenoxy) is 1. The predicted molar refractivity (Wildman–Crippen MR) is 96.6 cm³/mol. The Bertz CT molecular complexity index is 754. The van der Waals surface area contributed by atoms with Gasteiger partial charge in [-0.3, -0.25) is 14.5 Å². The highest BCUT2D eigenvalue weighted by Gasteiger charge is 2.38. The van der Waals surface area contributed by atoms with E-state index in [0.29, 0.717) is 13.0 Å². The van der Waals surface area contributed by atoms with Gasteiger partial charge in [0.25, 0.3) is 5.91 Å². The van der Waals surface area contributed by atoms with Crippen molar-refractivity contribution in [1.82, 2.24) is 4.90 Å². The fourth-order valence-corrected chi connectivity index (χ4v) is 2.91. The van der Waals surface area contributed by atoms with E-state index in [2.05, 4.69) is 5.32 Å². The highest BCUT2D eigenvalue weighted by atomic mass is 16.5. The van der Waals surface area contributed by atoms with Crippen LogP contribution in [0.4, 0.5) is 5.69 Å². The van der Waals surface area contributed by atoms with E-state index in [9.17, 15) is 9.59 Å². The Morgan fingerprint density at radius 2 is 1.76 bits per heavy atom. The number of benzene rings is 2. The van der Waals surface area contributed by atoms with Crippen LogP contribution in [0, 0.1) is 6.92 Å². The summed E-state index contributed by atoms with van der Waals surface area (Å²) in [6.07, 6.45) is 0.841. The number of methoxy groups -OCH3 is 1. The number of likely N-dealkylation sites (tertiary alicyclic amines) is 1. The van der Waals surface area contributed by atoms with Crippen LogP contribution in [0.5, 0.6) is 5.75 Å². The third-order valence-electron chi connectivity index (χ3n) is 4.42. The molecule has 2 aromatic carbocycles. The molecule has 0 saturated carbocycles. The van der Waals surface area contributed by atoms with Crippen LogP contribution < -0.4 is 10.1 Å². The van der Waals surface area contributed by atoms with E-state index in [4.69, 9.17) is 4.74 Å². The number of imide groups is 1. The van der Waals surface area contributed by atoms with Gasteiger partial charge in [-0.15, -0.1) is 0 Å². The molecule has 0 unspecified atom stereocenters. The summed E-state index contributed by atoms with van der Waals surface area (Å²) in [6.45, 7) is 2.41. The highest BCUT2D eigenvalue weighted by molar-refractivity contribution is 6.06. The summed E-state index contributed by atoms with van der Waals surface area (Å²) in [5, 5.41) is 3.16. The van der Waals surface area contributed by atoms with E-state index in [-0.39, 0.29) is 18.2 Å². The average molecular weight is 338 g/mol. The molecular formula is C20H22N2O3. The van der Waals surface area contributed by atoms with Crippen LogP contribution in [0.1, 0.15) is 17.5 Å². The molecule has 1 atom stereocenters. The zero-order valence-corrected chi connectivity index (χ0v) is 14.5. The maximum absolute atomic E-state index is 12.5. The Morgan fingerprint density at radius 1 is 1.08 bits per heavy atom. The van der Waals surface area contributed by atoms with E-state index in [0.717, 1.165) is 22.6 Å². The highest BCUT2D eigenvalue weighted by Crippen LogP contribution is 2.20. The molecule has 2 amide bonds. The molecule has 0 spiro atoms. The monoisotopic (exact) mass is 338 g/mol. The molecule has 3 rings (SSSR count). The SMILES string of the molecule is COc1ccc(CCN2C(=O)C[C@@H](Nc3ccc(C)cc3)C2=O)cc1. The van der Waals surface area contributed by atoms with Gasteiger partial charge in [-0.25, -0.2) is 0 Å². The fourth-order valence-electron chi connectivity index (χ4n) is 2.91. The molecule has 130 valence electrons. The van der Waals surface area contributed by atoms with Crippen molar-refractivity contribution in [2.45, 2.75) is 25.8 Å². The summed E-state index contributed by atoms with van der Waals surface area (Å²) in [7, 11) is 1.62. The number of anilines is 1. The van der Waals surface area contributed by atoms with E-state index >= 15 is 0 Å². The van der Waals surface area contributed by atoms with Gasteiger partial charge in [0.1, 0.15) is 11.8 Å². The number of nitrogens with zero attached hydrogens (tertiary/aromatic N) is 1. The van der Waals surface area contributed by atoms with Gasteiger partial charge in [0, 0.05) is 12.2 Å². The summed E-state index contributed by atoms with van der Waals surface area (Å²) in [5.74, 6) is 0.515. The lowest BCUT2D eigenvalue weighted by Gasteiger charge is -2.16. The number of rotatable bonds is 6.